The Bertz CT molecular complexity index is 309. The molecule has 1 saturated carbocycles. The maximum absolute atomic E-state index is 5.81. The molecule has 1 fully saturated rings. The second-order valence-corrected chi connectivity index (χ2v) is 4.73. The molecular formula is C10H16ClN3O. The Balaban J connectivity index is 1.72. The van der Waals surface area contributed by atoms with E-state index in [1.165, 1.54) is 25.7 Å². The minimum Gasteiger partial charge on any atom is -0.407 e. The summed E-state index contributed by atoms with van der Waals surface area (Å²) >= 11 is 5.81. The van der Waals surface area contributed by atoms with Gasteiger partial charge in [-0.2, -0.15) is 0 Å². The summed E-state index contributed by atoms with van der Waals surface area (Å²) in [6, 6.07) is 0.483. The van der Waals surface area contributed by atoms with Crippen molar-refractivity contribution in [2.75, 3.05) is 11.9 Å². The van der Waals surface area contributed by atoms with Crippen LogP contribution < -0.4 is 5.32 Å². The van der Waals surface area contributed by atoms with Crippen LogP contribution in [0.4, 0.5) is 6.01 Å². The first-order valence-corrected chi connectivity index (χ1v) is 5.90. The van der Waals surface area contributed by atoms with E-state index in [-0.39, 0.29) is 5.38 Å². The van der Waals surface area contributed by atoms with Crippen LogP contribution >= 0.6 is 11.6 Å². The molecule has 0 aromatic carbocycles. The molecule has 1 unspecified atom stereocenters. The van der Waals surface area contributed by atoms with Crippen LogP contribution in [0.15, 0.2) is 4.42 Å². The molecule has 0 aliphatic heterocycles. The summed E-state index contributed by atoms with van der Waals surface area (Å²) < 4.78 is 5.31. The number of halogens is 1. The van der Waals surface area contributed by atoms with E-state index in [2.05, 4.69) is 15.5 Å². The van der Waals surface area contributed by atoms with E-state index in [1.54, 1.807) is 0 Å². The van der Waals surface area contributed by atoms with Gasteiger partial charge in [-0.05, 0) is 19.3 Å². The number of nitrogens with zero attached hydrogens (tertiary/aromatic N) is 2. The number of nitrogens with one attached hydrogen (secondary N) is 1. The van der Waals surface area contributed by atoms with Crippen LogP contribution in [0, 0.1) is 5.92 Å². The molecule has 2 rings (SSSR count). The molecule has 0 radical (unpaired) electrons. The van der Waals surface area contributed by atoms with Crippen molar-refractivity contribution in [2.24, 2.45) is 5.92 Å². The van der Waals surface area contributed by atoms with Gasteiger partial charge < -0.3 is 9.73 Å². The predicted molar refractivity (Wildman–Crippen MR) is 59.0 cm³/mol. The minimum atomic E-state index is -0.223. The van der Waals surface area contributed by atoms with Gasteiger partial charge in [0.25, 0.3) is 0 Å². The average Bonchev–Trinajstić information content (AvgIpc) is 2.57. The van der Waals surface area contributed by atoms with Gasteiger partial charge in [0.15, 0.2) is 0 Å². The van der Waals surface area contributed by atoms with Crippen LogP contribution in [0.1, 0.15) is 43.9 Å². The van der Waals surface area contributed by atoms with Crippen LogP contribution in [0.3, 0.4) is 0 Å². The zero-order valence-corrected chi connectivity index (χ0v) is 9.63. The Kier molecular flexibility index (Phi) is 3.46. The third-order valence-electron chi connectivity index (χ3n) is 2.83. The number of hydrogen-bond acceptors (Lipinski definition) is 4. The third kappa shape index (κ3) is 2.84. The summed E-state index contributed by atoms with van der Waals surface area (Å²) in [5.41, 5.74) is 0. The monoisotopic (exact) mass is 229 g/mol. The molecule has 0 amide bonds. The van der Waals surface area contributed by atoms with Gasteiger partial charge in [0.2, 0.25) is 5.89 Å². The van der Waals surface area contributed by atoms with Gasteiger partial charge in [0.1, 0.15) is 5.38 Å². The largest absolute Gasteiger partial charge is 0.407 e. The van der Waals surface area contributed by atoms with Crippen molar-refractivity contribution >= 4 is 17.6 Å². The Morgan fingerprint density at radius 3 is 2.87 bits per heavy atom. The highest BCUT2D eigenvalue weighted by Crippen LogP contribution is 2.29. The first-order valence-electron chi connectivity index (χ1n) is 5.47. The first kappa shape index (κ1) is 10.7. The van der Waals surface area contributed by atoms with Gasteiger partial charge in [-0.1, -0.05) is 24.4 Å². The normalized spacial score (nSPS) is 18.5. The van der Waals surface area contributed by atoms with Crippen LogP contribution in [-0.4, -0.2) is 16.7 Å². The average molecular weight is 230 g/mol. The lowest BCUT2D eigenvalue weighted by atomic mass is 9.83. The molecule has 5 heteroatoms. The quantitative estimate of drug-likeness (QED) is 0.789. The second-order valence-electron chi connectivity index (χ2n) is 4.07. The van der Waals surface area contributed by atoms with Crippen LogP contribution in [0.2, 0.25) is 0 Å². The molecule has 0 bridgehead atoms. The van der Waals surface area contributed by atoms with Gasteiger partial charge in [-0.3, -0.25) is 0 Å². The Hall–Kier alpha value is -0.770. The number of aromatic nitrogens is 2. The van der Waals surface area contributed by atoms with E-state index >= 15 is 0 Å². The number of hydrogen-bond donors (Lipinski definition) is 1. The van der Waals surface area contributed by atoms with Crippen molar-refractivity contribution in [3.05, 3.63) is 5.89 Å². The van der Waals surface area contributed by atoms with Gasteiger partial charge in [-0.15, -0.1) is 16.7 Å². The van der Waals surface area contributed by atoms with E-state index in [0.29, 0.717) is 11.9 Å². The first-order chi connectivity index (χ1) is 7.25. The maximum Gasteiger partial charge on any atom is 0.315 e. The Labute approximate surface area is 94.4 Å². The summed E-state index contributed by atoms with van der Waals surface area (Å²) in [4.78, 5) is 0. The van der Waals surface area contributed by atoms with Gasteiger partial charge in [-0.25, -0.2) is 0 Å². The molecule has 0 saturated heterocycles. The molecule has 1 aromatic rings. The summed E-state index contributed by atoms with van der Waals surface area (Å²) in [5, 5.41) is 10.6. The van der Waals surface area contributed by atoms with Crippen molar-refractivity contribution in [3.63, 3.8) is 0 Å². The number of rotatable bonds is 5. The standard InChI is InChI=1S/C10H16ClN3O/c1-7(11)9-13-14-10(15-9)12-6-5-8-3-2-4-8/h7-8H,2-6H2,1H3,(H,12,14). The SMILES string of the molecule is CC(Cl)c1nnc(NCCC2CCC2)o1. The second kappa shape index (κ2) is 4.84. The number of anilines is 1. The Morgan fingerprint density at radius 1 is 1.53 bits per heavy atom. The molecule has 4 nitrogen and oxygen atoms in total. The lowest BCUT2D eigenvalue weighted by molar-refractivity contribution is 0.302. The third-order valence-corrected chi connectivity index (χ3v) is 3.02. The summed E-state index contributed by atoms with van der Waals surface area (Å²) in [6.07, 6.45) is 5.32. The summed E-state index contributed by atoms with van der Waals surface area (Å²) in [7, 11) is 0. The Morgan fingerprint density at radius 2 is 2.33 bits per heavy atom. The predicted octanol–water partition coefficient (Wildman–Crippen LogP) is 2.97. The lowest BCUT2D eigenvalue weighted by Crippen LogP contribution is -2.15. The van der Waals surface area contributed by atoms with Gasteiger partial charge >= 0.3 is 6.01 Å². The van der Waals surface area contributed by atoms with Crippen LogP contribution in [0.5, 0.6) is 0 Å². The van der Waals surface area contributed by atoms with Crippen molar-refractivity contribution in [2.45, 2.75) is 38.0 Å². The van der Waals surface area contributed by atoms with Crippen molar-refractivity contribution in [1.82, 2.24) is 10.2 Å². The molecule has 1 N–H and O–H groups in total. The fraction of sp³-hybridized carbons (Fsp3) is 0.800. The molecule has 0 spiro atoms. The maximum atomic E-state index is 5.81. The molecule has 1 atom stereocenters. The van der Waals surface area contributed by atoms with Gasteiger partial charge in [0.05, 0.1) is 0 Å². The smallest absolute Gasteiger partial charge is 0.315 e. The van der Waals surface area contributed by atoms with Crippen molar-refractivity contribution < 1.29 is 4.42 Å². The van der Waals surface area contributed by atoms with Crippen molar-refractivity contribution in [1.29, 1.82) is 0 Å². The van der Waals surface area contributed by atoms with E-state index < -0.39 is 0 Å². The highest BCUT2D eigenvalue weighted by Gasteiger charge is 2.17. The topological polar surface area (TPSA) is 51.0 Å². The highest BCUT2D eigenvalue weighted by molar-refractivity contribution is 6.20. The molecule has 1 heterocycles. The van der Waals surface area contributed by atoms with E-state index in [9.17, 15) is 0 Å². The zero-order chi connectivity index (χ0) is 10.7. The molecule has 15 heavy (non-hydrogen) atoms. The molecule has 1 aliphatic carbocycles. The zero-order valence-electron chi connectivity index (χ0n) is 8.87. The number of alkyl halides is 1. The fourth-order valence-corrected chi connectivity index (χ4v) is 1.72. The van der Waals surface area contributed by atoms with Gasteiger partial charge in [0, 0.05) is 6.54 Å². The fourth-order valence-electron chi connectivity index (χ4n) is 1.63. The van der Waals surface area contributed by atoms with E-state index in [0.717, 1.165) is 12.5 Å². The summed E-state index contributed by atoms with van der Waals surface area (Å²) in [6.45, 7) is 2.72. The molecular weight excluding hydrogens is 214 g/mol. The summed E-state index contributed by atoms with van der Waals surface area (Å²) in [5.74, 6) is 1.37. The van der Waals surface area contributed by atoms with Crippen LogP contribution in [0.25, 0.3) is 0 Å². The molecule has 1 aromatic heterocycles. The van der Waals surface area contributed by atoms with Crippen LogP contribution in [-0.2, 0) is 0 Å². The van der Waals surface area contributed by atoms with E-state index in [1.807, 2.05) is 6.92 Å². The van der Waals surface area contributed by atoms with E-state index in [4.69, 9.17) is 16.0 Å². The minimum absolute atomic E-state index is 0.223. The molecule has 1 aliphatic rings. The highest BCUT2D eigenvalue weighted by atomic mass is 35.5. The lowest BCUT2D eigenvalue weighted by Gasteiger charge is -2.24. The van der Waals surface area contributed by atoms with Crippen molar-refractivity contribution in [3.8, 4) is 0 Å². The molecule has 84 valence electrons.